The highest BCUT2D eigenvalue weighted by molar-refractivity contribution is 5.80. The summed E-state index contributed by atoms with van der Waals surface area (Å²) in [5, 5.41) is 9.86. The van der Waals surface area contributed by atoms with Gasteiger partial charge in [0.15, 0.2) is 12.6 Å². The molecule has 1 heterocycles. The van der Waals surface area contributed by atoms with Crippen LogP contribution in [0.3, 0.4) is 0 Å². The van der Waals surface area contributed by atoms with Gasteiger partial charge in [0.05, 0.1) is 0 Å². The number of nitrogens with zero attached hydrogens (tertiary/aromatic N) is 2. The molecule has 1 saturated carbocycles. The van der Waals surface area contributed by atoms with Gasteiger partial charge < -0.3 is 25.6 Å². The zero-order chi connectivity index (χ0) is 20.5. The van der Waals surface area contributed by atoms with Crippen molar-refractivity contribution in [3.63, 3.8) is 0 Å². The first-order chi connectivity index (χ1) is 14.2. The lowest BCUT2D eigenvalue weighted by Gasteiger charge is -2.32. The molecule has 2 fully saturated rings. The summed E-state index contributed by atoms with van der Waals surface area (Å²) in [6.45, 7) is 6.44. The molecule has 29 heavy (non-hydrogen) atoms. The van der Waals surface area contributed by atoms with Gasteiger partial charge in [0.1, 0.15) is 5.75 Å². The van der Waals surface area contributed by atoms with Crippen molar-refractivity contribution in [3.8, 4) is 5.75 Å². The molecule has 0 spiro atoms. The molecule has 0 bridgehead atoms. The maximum absolute atomic E-state index is 11.8. The SMILES string of the molecule is CCCN1CCC(NC(=NC)NCc2cccc(OCC(=O)NC3CC3)c2)CC1. The van der Waals surface area contributed by atoms with Gasteiger partial charge >= 0.3 is 0 Å². The van der Waals surface area contributed by atoms with Crippen LogP contribution in [0.2, 0.25) is 0 Å². The predicted molar refractivity (Wildman–Crippen MR) is 116 cm³/mol. The van der Waals surface area contributed by atoms with Crippen LogP contribution >= 0.6 is 0 Å². The molecule has 3 N–H and O–H groups in total. The second-order valence-corrected chi connectivity index (χ2v) is 7.96. The first-order valence-electron chi connectivity index (χ1n) is 10.9. The molecule has 160 valence electrons. The minimum absolute atomic E-state index is 0.0504. The first-order valence-corrected chi connectivity index (χ1v) is 10.9. The molecule has 0 unspecified atom stereocenters. The second kappa shape index (κ2) is 11.0. The lowest BCUT2D eigenvalue weighted by atomic mass is 10.1. The Morgan fingerprint density at radius 1 is 1.17 bits per heavy atom. The summed E-state index contributed by atoms with van der Waals surface area (Å²) < 4.78 is 5.63. The molecule has 0 atom stereocenters. The third kappa shape index (κ3) is 7.57. The smallest absolute Gasteiger partial charge is 0.258 e. The number of benzene rings is 1. The van der Waals surface area contributed by atoms with E-state index in [1.54, 1.807) is 7.05 Å². The molecule has 0 radical (unpaired) electrons. The van der Waals surface area contributed by atoms with Gasteiger partial charge in [-0.2, -0.15) is 0 Å². The van der Waals surface area contributed by atoms with E-state index < -0.39 is 0 Å². The summed E-state index contributed by atoms with van der Waals surface area (Å²) >= 11 is 0. The van der Waals surface area contributed by atoms with Crippen molar-refractivity contribution in [2.75, 3.05) is 33.3 Å². The lowest BCUT2D eigenvalue weighted by Crippen LogP contribution is -2.48. The highest BCUT2D eigenvalue weighted by Crippen LogP contribution is 2.18. The van der Waals surface area contributed by atoms with E-state index in [0.717, 1.165) is 50.3 Å². The number of ether oxygens (including phenoxy) is 1. The molecule has 1 aromatic rings. The minimum Gasteiger partial charge on any atom is -0.484 e. The molecule has 1 aliphatic heterocycles. The summed E-state index contributed by atoms with van der Waals surface area (Å²) in [5.41, 5.74) is 1.09. The van der Waals surface area contributed by atoms with E-state index in [0.29, 0.717) is 24.4 Å². The van der Waals surface area contributed by atoms with Gasteiger partial charge in [0.2, 0.25) is 0 Å². The number of nitrogens with one attached hydrogen (secondary N) is 3. The summed E-state index contributed by atoms with van der Waals surface area (Å²) in [7, 11) is 1.81. The zero-order valence-corrected chi connectivity index (χ0v) is 17.7. The standard InChI is InChI=1S/C22H35N5O2/c1-3-11-27-12-9-19(10-13-27)26-22(23-2)24-15-17-5-4-6-20(14-17)29-16-21(28)25-18-7-8-18/h4-6,14,18-19H,3,7-13,15-16H2,1-2H3,(H,25,28)(H2,23,24,26). The van der Waals surface area contributed by atoms with Crippen LogP contribution in [0.1, 0.15) is 44.6 Å². The van der Waals surface area contributed by atoms with Crippen molar-refractivity contribution in [2.24, 2.45) is 4.99 Å². The lowest BCUT2D eigenvalue weighted by molar-refractivity contribution is -0.123. The van der Waals surface area contributed by atoms with Gasteiger partial charge in [-0.1, -0.05) is 19.1 Å². The fourth-order valence-corrected chi connectivity index (χ4v) is 3.58. The van der Waals surface area contributed by atoms with Gasteiger partial charge in [-0.15, -0.1) is 0 Å². The van der Waals surface area contributed by atoms with Gasteiger partial charge in [0, 0.05) is 38.8 Å². The summed E-state index contributed by atoms with van der Waals surface area (Å²) in [6.07, 6.45) is 5.68. The van der Waals surface area contributed by atoms with Crippen LogP contribution in [-0.2, 0) is 11.3 Å². The number of carbonyl (C=O) groups is 1. The number of likely N-dealkylation sites (tertiary alicyclic amines) is 1. The molecule has 1 aliphatic carbocycles. The number of rotatable bonds is 9. The van der Waals surface area contributed by atoms with Crippen LogP contribution < -0.4 is 20.7 Å². The normalized spacial score (nSPS) is 18.3. The van der Waals surface area contributed by atoms with Gasteiger partial charge in [0.25, 0.3) is 5.91 Å². The highest BCUT2D eigenvalue weighted by Gasteiger charge is 2.23. The molecule has 1 saturated heterocycles. The topological polar surface area (TPSA) is 78.0 Å². The first kappa shape index (κ1) is 21.4. The van der Waals surface area contributed by atoms with Crippen molar-refractivity contribution >= 4 is 11.9 Å². The maximum atomic E-state index is 11.8. The van der Waals surface area contributed by atoms with Gasteiger partial charge in [-0.05, 0) is 56.3 Å². The average molecular weight is 402 g/mol. The molecule has 3 rings (SSSR count). The number of guanidine groups is 1. The molecule has 1 amide bonds. The van der Waals surface area contributed by atoms with E-state index in [2.05, 4.69) is 32.8 Å². The van der Waals surface area contributed by atoms with E-state index in [4.69, 9.17) is 4.74 Å². The molecular weight excluding hydrogens is 366 g/mol. The Balaban J connectivity index is 1.40. The fourth-order valence-electron chi connectivity index (χ4n) is 3.58. The largest absolute Gasteiger partial charge is 0.484 e. The third-order valence-corrected chi connectivity index (χ3v) is 5.36. The van der Waals surface area contributed by atoms with Crippen molar-refractivity contribution < 1.29 is 9.53 Å². The van der Waals surface area contributed by atoms with Crippen molar-refractivity contribution in [2.45, 2.75) is 57.7 Å². The molecule has 0 aromatic heterocycles. The van der Waals surface area contributed by atoms with Crippen LogP contribution in [0.4, 0.5) is 0 Å². The minimum atomic E-state index is -0.0504. The third-order valence-electron chi connectivity index (χ3n) is 5.36. The van der Waals surface area contributed by atoms with Crippen LogP contribution in [-0.4, -0.2) is 62.1 Å². The Kier molecular flexibility index (Phi) is 8.16. The zero-order valence-electron chi connectivity index (χ0n) is 17.7. The molecular formula is C22H35N5O2. The summed E-state index contributed by atoms with van der Waals surface area (Å²) in [5.74, 6) is 1.49. The quantitative estimate of drug-likeness (QED) is 0.435. The van der Waals surface area contributed by atoms with E-state index in [1.165, 1.54) is 13.0 Å². The van der Waals surface area contributed by atoms with E-state index in [-0.39, 0.29) is 12.5 Å². The Morgan fingerprint density at radius 3 is 2.62 bits per heavy atom. The number of piperidine rings is 1. The molecule has 1 aromatic carbocycles. The maximum Gasteiger partial charge on any atom is 0.258 e. The number of hydrogen-bond acceptors (Lipinski definition) is 4. The molecule has 7 nitrogen and oxygen atoms in total. The van der Waals surface area contributed by atoms with Crippen molar-refractivity contribution in [3.05, 3.63) is 29.8 Å². The summed E-state index contributed by atoms with van der Waals surface area (Å²) in [6, 6.07) is 8.67. The predicted octanol–water partition coefficient (Wildman–Crippen LogP) is 1.88. The van der Waals surface area contributed by atoms with Gasteiger partial charge in [-0.25, -0.2) is 0 Å². The Labute approximate surface area is 174 Å². The van der Waals surface area contributed by atoms with E-state index >= 15 is 0 Å². The second-order valence-electron chi connectivity index (χ2n) is 7.96. The van der Waals surface area contributed by atoms with Gasteiger partial charge in [-0.3, -0.25) is 9.79 Å². The van der Waals surface area contributed by atoms with Crippen LogP contribution in [0.15, 0.2) is 29.3 Å². The Morgan fingerprint density at radius 2 is 1.93 bits per heavy atom. The Bertz CT molecular complexity index is 682. The summed E-state index contributed by atoms with van der Waals surface area (Å²) in [4.78, 5) is 18.7. The Hall–Kier alpha value is -2.28. The molecule has 7 heteroatoms. The number of aliphatic imine (C=N–C) groups is 1. The monoisotopic (exact) mass is 401 g/mol. The van der Waals surface area contributed by atoms with Crippen LogP contribution in [0.5, 0.6) is 5.75 Å². The van der Waals surface area contributed by atoms with Crippen LogP contribution in [0.25, 0.3) is 0 Å². The van der Waals surface area contributed by atoms with E-state index in [9.17, 15) is 4.79 Å². The average Bonchev–Trinajstić information content (AvgIpc) is 3.55. The number of carbonyl (C=O) groups excluding carboxylic acids is 1. The molecule has 2 aliphatic rings. The van der Waals surface area contributed by atoms with Crippen molar-refractivity contribution in [1.82, 2.24) is 20.9 Å². The number of amides is 1. The fraction of sp³-hybridized carbons (Fsp3) is 0.636. The van der Waals surface area contributed by atoms with E-state index in [1.807, 2.05) is 24.3 Å². The van der Waals surface area contributed by atoms with Crippen molar-refractivity contribution in [1.29, 1.82) is 0 Å². The number of hydrogen-bond donors (Lipinski definition) is 3. The van der Waals surface area contributed by atoms with Crippen LogP contribution in [0, 0.1) is 0 Å². The highest BCUT2D eigenvalue weighted by atomic mass is 16.5.